The van der Waals surface area contributed by atoms with Gasteiger partial charge in [-0.2, -0.15) is 0 Å². The highest BCUT2D eigenvalue weighted by Crippen LogP contribution is 2.32. The number of aryl methyl sites for hydroxylation is 1. The lowest BCUT2D eigenvalue weighted by Gasteiger charge is -2.20. The Morgan fingerprint density at radius 2 is 2.30 bits per heavy atom. The smallest absolute Gasteiger partial charge is 0.345 e. The van der Waals surface area contributed by atoms with Gasteiger partial charge in [-0.05, 0) is 43.5 Å². The van der Waals surface area contributed by atoms with Crippen LogP contribution in [0.15, 0.2) is 28.9 Å². The summed E-state index contributed by atoms with van der Waals surface area (Å²) in [7, 11) is 0. The number of nitrogens with zero attached hydrogens (tertiary/aromatic N) is 1. The van der Waals surface area contributed by atoms with E-state index in [0.717, 1.165) is 29.3 Å². The molecule has 0 unspecified atom stereocenters. The molecule has 1 fully saturated rings. The highest BCUT2D eigenvalue weighted by Gasteiger charge is 2.30. The minimum absolute atomic E-state index is 0.422. The van der Waals surface area contributed by atoms with Crippen LogP contribution in [0.25, 0.3) is 0 Å². The second-order valence-electron chi connectivity index (χ2n) is 5.21. The van der Waals surface area contributed by atoms with E-state index in [1.807, 2.05) is 19.1 Å². The molecule has 1 saturated carbocycles. The van der Waals surface area contributed by atoms with E-state index in [1.54, 1.807) is 12.3 Å². The minimum Gasteiger partial charge on any atom is -0.477 e. The van der Waals surface area contributed by atoms with Crippen molar-refractivity contribution < 1.29 is 14.3 Å². The van der Waals surface area contributed by atoms with Gasteiger partial charge in [-0.25, -0.2) is 4.79 Å². The lowest BCUT2D eigenvalue weighted by molar-refractivity contribution is 0.0702. The first-order valence-corrected chi connectivity index (χ1v) is 7.54. The van der Waals surface area contributed by atoms with Crippen molar-refractivity contribution in [3.63, 3.8) is 0 Å². The molecule has 4 nitrogen and oxygen atoms in total. The van der Waals surface area contributed by atoms with Gasteiger partial charge in [-0.15, -0.1) is 11.3 Å². The maximum absolute atomic E-state index is 11.0. The topological polar surface area (TPSA) is 53.7 Å². The van der Waals surface area contributed by atoms with Gasteiger partial charge in [0.05, 0.1) is 12.8 Å². The van der Waals surface area contributed by atoms with Gasteiger partial charge < -0.3 is 9.52 Å². The van der Waals surface area contributed by atoms with Crippen molar-refractivity contribution >= 4 is 17.3 Å². The average Bonchev–Trinajstić information content (AvgIpc) is 3.01. The Labute approximate surface area is 121 Å². The third-order valence-electron chi connectivity index (χ3n) is 3.61. The van der Waals surface area contributed by atoms with Gasteiger partial charge in [-0.3, -0.25) is 4.90 Å². The molecule has 0 spiro atoms. The molecule has 0 bridgehead atoms. The van der Waals surface area contributed by atoms with Crippen molar-refractivity contribution in [1.29, 1.82) is 0 Å². The number of carboxylic acids is 1. The van der Waals surface area contributed by atoms with Crippen LogP contribution >= 0.6 is 11.3 Å². The summed E-state index contributed by atoms with van der Waals surface area (Å²) in [4.78, 5) is 14.9. The molecular weight excluding hydrogens is 274 g/mol. The molecule has 0 saturated heterocycles. The second kappa shape index (κ2) is 5.42. The summed E-state index contributed by atoms with van der Waals surface area (Å²) in [5.74, 6) is 0.122. The number of aromatic carboxylic acids is 1. The normalized spacial score (nSPS) is 14.9. The third-order valence-corrected chi connectivity index (χ3v) is 4.69. The van der Waals surface area contributed by atoms with Gasteiger partial charge >= 0.3 is 5.97 Å². The molecule has 20 heavy (non-hydrogen) atoms. The fourth-order valence-corrected chi connectivity index (χ4v) is 3.23. The zero-order valence-corrected chi connectivity index (χ0v) is 12.2. The SMILES string of the molecule is Cc1sc(C(=O)O)cc1CN(Cc1ccco1)C1CC1. The van der Waals surface area contributed by atoms with Crippen LogP contribution < -0.4 is 0 Å². The molecule has 3 rings (SSSR count). The van der Waals surface area contributed by atoms with Crippen molar-refractivity contribution in [2.75, 3.05) is 0 Å². The molecule has 0 amide bonds. The van der Waals surface area contributed by atoms with E-state index in [1.165, 1.54) is 24.2 Å². The molecule has 1 aliphatic carbocycles. The number of carboxylic acid groups (broad SMARTS) is 1. The van der Waals surface area contributed by atoms with Gasteiger partial charge in [0.15, 0.2) is 0 Å². The molecular formula is C15H17NO3S. The zero-order chi connectivity index (χ0) is 14.1. The Kier molecular flexibility index (Phi) is 3.63. The lowest BCUT2D eigenvalue weighted by atomic mass is 10.2. The molecule has 1 N–H and O–H groups in total. The van der Waals surface area contributed by atoms with E-state index in [-0.39, 0.29) is 0 Å². The first-order valence-electron chi connectivity index (χ1n) is 6.72. The van der Waals surface area contributed by atoms with Crippen LogP contribution in [0, 0.1) is 6.92 Å². The first-order chi connectivity index (χ1) is 9.63. The van der Waals surface area contributed by atoms with E-state index in [4.69, 9.17) is 9.52 Å². The van der Waals surface area contributed by atoms with E-state index in [9.17, 15) is 4.79 Å². The van der Waals surface area contributed by atoms with Crippen LogP contribution in [0.4, 0.5) is 0 Å². The number of rotatable bonds is 6. The number of hydrogen-bond donors (Lipinski definition) is 1. The third kappa shape index (κ3) is 2.94. The van der Waals surface area contributed by atoms with Crippen molar-refractivity contribution in [2.45, 2.75) is 38.9 Å². The van der Waals surface area contributed by atoms with E-state index in [0.29, 0.717) is 10.9 Å². The Balaban J connectivity index is 1.74. The van der Waals surface area contributed by atoms with Gasteiger partial charge in [-0.1, -0.05) is 0 Å². The van der Waals surface area contributed by atoms with Crippen molar-refractivity contribution in [1.82, 2.24) is 4.90 Å². The highest BCUT2D eigenvalue weighted by molar-refractivity contribution is 7.14. The largest absolute Gasteiger partial charge is 0.477 e. The molecule has 2 heterocycles. The van der Waals surface area contributed by atoms with E-state index >= 15 is 0 Å². The lowest BCUT2D eigenvalue weighted by Crippen LogP contribution is -2.24. The Morgan fingerprint density at radius 3 is 2.85 bits per heavy atom. The standard InChI is InChI=1S/C15H17NO3S/c1-10-11(7-14(20-10)15(17)18)8-16(12-4-5-12)9-13-3-2-6-19-13/h2-3,6-7,12H,4-5,8-9H2,1H3,(H,17,18). The van der Waals surface area contributed by atoms with Crippen LogP contribution in [0.2, 0.25) is 0 Å². The van der Waals surface area contributed by atoms with Crippen molar-refractivity contribution in [2.24, 2.45) is 0 Å². The number of hydrogen-bond acceptors (Lipinski definition) is 4. The molecule has 0 radical (unpaired) electrons. The van der Waals surface area contributed by atoms with Crippen molar-refractivity contribution in [3.8, 4) is 0 Å². The summed E-state index contributed by atoms with van der Waals surface area (Å²) in [6, 6.07) is 6.30. The quantitative estimate of drug-likeness (QED) is 0.885. The maximum atomic E-state index is 11.0. The summed E-state index contributed by atoms with van der Waals surface area (Å²) in [5, 5.41) is 9.07. The van der Waals surface area contributed by atoms with Crippen LogP contribution in [-0.2, 0) is 13.1 Å². The number of carbonyl (C=O) groups is 1. The first kappa shape index (κ1) is 13.4. The molecule has 5 heteroatoms. The minimum atomic E-state index is -0.839. The molecule has 2 aromatic rings. The average molecular weight is 291 g/mol. The summed E-state index contributed by atoms with van der Waals surface area (Å²) in [6.45, 7) is 3.57. The molecule has 106 valence electrons. The van der Waals surface area contributed by atoms with Crippen LogP contribution in [0.5, 0.6) is 0 Å². The Hall–Kier alpha value is -1.59. The van der Waals surface area contributed by atoms with Crippen LogP contribution in [-0.4, -0.2) is 22.0 Å². The number of thiophene rings is 1. The molecule has 1 aliphatic rings. The summed E-state index contributed by atoms with van der Waals surface area (Å²) in [5.41, 5.74) is 1.12. The predicted octanol–water partition coefficient (Wildman–Crippen LogP) is 3.51. The monoisotopic (exact) mass is 291 g/mol. The van der Waals surface area contributed by atoms with Gasteiger partial charge in [0.25, 0.3) is 0 Å². The summed E-state index contributed by atoms with van der Waals surface area (Å²) < 4.78 is 5.42. The highest BCUT2D eigenvalue weighted by atomic mass is 32.1. The fraction of sp³-hybridized carbons (Fsp3) is 0.400. The van der Waals surface area contributed by atoms with Crippen LogP contribution in [0.3, 0.4) is 0 Å². The molecule has 2 aromatic heterocycles. The summed E-state index contributed by atoms with van der Waals surface area (Å²) >= 11 is 1.35. The Morgan fingerprint density at radius 1 is 1.50 bits per heavy atom. The predicted molar refractivity (Wildman–Crippen MR) is 77.0 cm³/mol. The summed E-state index contributed by atoms with van der Waals surface area (Å²) in [6.07, 6.45) is 4.13. The van der Waals surface area contributed by atoms with Gasteiger partial charge in [0.2, 0.25) is 0 Å². The Bertz CT molecular complexity index is 599. The molecule has 0 atom stereocenters. The number of furan rings is 1. The van der Waals surface area contributed by atoms with Gasteiger partial charge in [0.1, 0.15) is 10.6 Å². The molecule has 0 aliphatic heterocycles. The van der Waals surface area contributed by atoms with E-state index in [2.05, 4.69) is 4.90 Å². The molecule has 0 aromatic carbocycles. The maximum Gasteiger partial charge on any atom is 0.345 e. The zero-order valence-electron chi connectivity index (χ0n) is 11.3. The van der Waals surface area contributed by atoms with Crippen LogP contribution in [0.1, 0.15) is 38.7 Å². The fourth-order valence-electron chi connectivity index (χ4n) is 2.36. The van der Waals surface area contributed by atoms with Crippen molar-refractivity contribution in [3.05, 3.63) is 45.5 Å². The van der Waals surface area contributed by atoms with Gasteiger partial charge in [0, 0.05) is 17.5 Å². The van der Waals surface area contributed by atoms with E-state index < -0.39 is 5.97 Å². The second-order valence-corrected chi connectivity index (χ2v) is 6.47.